The van der Waals surface area contributed by atoms with Crippen LogP contribution in [-0.2, 0) is 6.61 Å². The number of nitrogens with zero attached hydrogens (tertiary/aromatic N) is 1. The van der Waals surface area contributed by atoms with Crippen LogP contribution in [0, 0.1) is 11.3 Å². The zero-order chi connectivity index (χ0) is 22.9. The van der Waals surface area contributed by atoms with Crippen molar-refractivity contribution >= 4 is 22.6 Å². The third kappa shape index (κ3) is 3.79. The molecular weight excluding hydrogens is 440 g/mol. The maximum absolute atomic E-state index is 13.4. The Morgan fingerprint density at radius 2 is 1.85 bits per heavy atom. The first-order chi connectivity index (χ1) is 16.0. The van der Waals surface area contributed by atoms with E-state index in [4.69, 9.17) is 31.2 Å². The zero-order valence-corrected chi connectivity index (χ0v) is 18.0. The standard InChI is InChI=1S/C26H17ClN2O4/c27-17-8-10-18(11-9-17)31-14-15-4-3-5-16(12-15)22-20(13-28)25(29)33-26-23(22)24(30)19-6-1-2-7-21(19)32-26/h1-12,22H,14,29H2/t22-/m1/s1. The molecule has 2 heterocycles. The summed E-state index contributed by atoms with van der Waals surface area (Å²) < 4.78 is 17.2. The molecule has 162 valence electrons. The molecule has 0 fully saturated rings. The molecule has 0 aliphatic carbocycles. The quantitative estimate of drug-likeness (QED) is 0.450. The third-order valence-corrected chi connectivity index (χ3v) is 5.72. The summed E-state index contributed by atoms with van der Waals surface area (Å²) in [5.41, 5.74) is 8.14. The number of para-hydroxylation sites is 1. The van der Waals surface area contributed by atoms with Gasteiger partial charge in [-0.1, -0.05) is 48.0 Å². The lowest BCUT2D eigenvalue weighted by atomic mass is 9.83. The predicted octanol–water partition coefficient (Wildman–Crippen LogP) is 5.24. The Morgan fingerprint density at radius 3 is 2.64 bits per heavy atom. The first kappa shape index (κ1) is 20.7. The van der Waals surface area contributed by atoms with Gasteiger partial charge in [0.1, 0.15) is 29.6 Å². The molecule has 0 saturated heterocycles. The molecule has 7 heteroatoms. The fourth-order valence-corrected chi connectivity index (χ4v) is 4.04. The number of nitriles is 1. The summed E-state index contributed by atoms with van der Waals surface area (Å²) >= 11 is 5.93. The highest BCUT2D eigenvalue weighted by Crippen LogP contribution is 2.41. The van der Waals surface area contributed by atoms with Crippen molar-refractivity contribution in [1.29, 1.82) is 5.26 Å². The minimum atomic E-state index is -0.727. The summed E-state index contributed by atoms with van der Waals surface area (Å²) in [5.74, 6) is -0.135. The average molecular weight is 457 g/mol. The fraction of sp³-hybridized carbons (Fsp3) is 0.0769. The van der Waals surface area contributed by atoms with E-state index in [0.29, 0.717) is 33.9 Å². The lowest BCUT2D eigenvalue weighted by Crippen LogP contribution is -2.26. The van der Waals surface area contributed by atoms with E-state index in [-0.39, 0.29) is 28.4 Å². The molecular formula is C26H17ClN2O4. The Hall–Kier alpha value is -4.21. The van der Waals surface area contributed by atoms with Crippen LogP contribution in [0.15, 0.2) is 93.5 Å². The number of nitrogens with two attached hydrogens (primary N) is 1. The maximum Gasteiger partial charge on any atom is 0.300 e. The second-order valence-electron chi connectivity index (χ2n) is 7.54. The van der Waals surface area contributed by atoms with Gasteiger partial charge in [0.15, 0.2) is 0 Å². The summed E-state index contributed by atoms with van der Waals surface area (Å²) in [6.45, 7) is 0.291. The van der Waals surface area contributed by atoms with E-state index in [1.165, 1.54) is 0 Å². The van der Waals surface area contributed by atoms with Gasteiger partial charge in [0.25, 0.3) is 5.95 Å². The molecule has 1 aliphatic rings. The second kappa shape index (κ2) is 8.38. The Bertz CT molecular complexity index is 1500. The summed E-state index contributed by atoms with van der Waals surface area (Å²) in [4.78, 5) is 13.4. The van der Waals surface area contributed by atoms with Crippen molar-refractivity contribution in [2.45, 2.75) is 12.5 Å². The molecule has 0 bridgehead atoms. The van der Waals surface area contributed by atoms with Crippen LogP contribution in [0.5, 0.6) is 11.7 Å². The number of fused-ring (bicyclic) bond motifs is 2. The van der Waals surface area contributed by atoms with Gasteiger partial charge in [-0.15, -0.1) is 0 Å². The third-order valence-electron chi connectivity index (χ3n) is 5.47. The summed E-state index contributed by atoms with van der Waals surface area (Å²) in [6, 6.07) is 23.5. The number of allylic oxidation sites excluding steroid dienone is 1. The van der Waals surface area contributed by atoms with Crippen molar-refractivity contribution in [2.75, 3.05) is 0 Å². The van der Waals surface area contributed by atoms with Crippen molar-refractivity contribution in [1.82, 2.24) is 0 Å². The Morgan fingerprint density at radius 1 is 1.06 bits per heavy atom. The van der Waals surface area contributed by atoms with Crippen molar-refractivity contribution < 1.29 is 13.9 Å². The van der Waals surface area contributed by atoms with Gasteiger partial charge in [0, 0.05) is 5.02 Å². The number of benzene rings is 3. The van der Waals surface area contributed by atoms with Gasteiger partial charge in [-0.05, 0) is 47.5 Å². The Balaban J connectivity index is 1.58. The largest absolute Gasteiger partial charge is 0.489 e. The van der Waals surface area contributed by atoms with Gasteiger partial charge >= 0.3 is 0 Å². The SMILES string of the molecule is N#CC1=C(N)Oc2oc3ccccc3c(=O)c2[C@@H]1c1cccc(COc2ccc(Cl)cc2)c1. The first-order valence-electron chi connectivity index (χ1n) is 10.2. The van der Waals surface area contributed by atoms with E-state index in [0.717, 1.165) is 5.56 Å². The minimum Gasteiger partial charge on any atom is -0.489 e. The van der Waals surface area contributed by atoms with Crippen LogP contribution in [0.3, 0.4) is 0 Å². The van der Waals surface area contributed by atoms with Gasteiger partial charge in [0.2, 0.25) is 11.3 Å². The summed E-state index contributed by atoms with van der Waals surface area (Å²) in [7, 11) is 0. The van der Waals surface area contributed by atoms with Crippen LogP contribution in [0.25, 0.3) is 11.0 Å². The Kier molecular flexibility index (Phi) is 5.25. The first-order valence-corrected chi connectivity index (χ1v) is 10.5. The van der Waals surface area contributed by atoms with Crippen LogP contribution >= 0.6 is 11.6 Å². The Labute approximate surface area is 194 Å². The smallest absolute Gasteiger partial charge is 0.300 e. The van der Waals surface area contributed by atoms with E-state index in [2.05, 4.69) is 6.07 Å². The van der Waals surface area contributed by atoms with Crippen molar-refractivity contribution in [3.8, 4) is 17.8 Å². The molecule has 3 aromatic carbocycles. The molecule has 1 aromatic heterocycles. The predicted molar refractivity (Wildman–Crippen MR) is 124 cm³/mol. The number of hydrogen-bond acceptors (Lipinski definition) is 6. The van der Waals surface area contributed by atoms with E-state index in [1.54, 1.807) is 48.5 Å². The molecule has 2 N–H and O–H groups in total. The number of ether oxygens (including phenoxy) is 2. The van der Waals surface area contributed by atoms with Crippen molar-refractivity contribution in [3.05, 3.63) is 116 Å². The molecule has 6 nitrogen and oxygen atoms in total. The van der Waals surface area contributed by atoms with E-state index < -0.39 is 5.92 Å². The van der Waals surface area contributed by atoms with Gasteiger partial charge < -0.3 is 19.6 Å². The van der Waals surface area contributed by atoms with Crippen LogP contribution in [0.1, 0.15) is 22.6 Å². The summed E-state index contributed by atoms with van der Waals surface area (Å²) in [5, 5.41) is 10.9. The molecule has 0 unspecified atom stereocenters. The highest BCUT2D eigenvalue weighted by molar-refractivity contribution is 6.30. The molecule has 1 aliphatic heterocycles. The van der Waals surface area contributed by atoms with Gasteiger partial charge in [-0.25, -0.2) is 0 Å². The van der Waals surface area contributed by atoms with Crippen LogP contribution in [-0.4, -0.2) is 0 Å². The number of rotatable bonds is 4. The van der Waals surface area contributed by atoms with Gasteiger partial charge in [-0.3, -0.25) is 4.79 Å². The normalized spacial score (nSPS) is 15.0. The van der Waals surface area contributed by atoms with Gasteiger partial charge in [0.05, 0.1) is 16.9 Å². The fourth-order valence-electron chi connectivity index (χ4n) is 3.91. The minimum absolute atomic E-state index is 0.00279. The van der Waals surface area contributed by atoms with Crippen molar-refractivity contribution in [3.63, 3.8) is 0 Å². The van der Waals surface area contributed by atoms with Crippen LogP contribution in [0.4, 0.5) is 0 Å². The monoisotopic (exact) mass is 456 g/mol. The number of hydrogen-bond donors (Lipinski definition) is 1. The topological polar surface area (TPSA) is 98.5 Å². The molecule has 33 heavy (non-hydrogen) atoms. The van der Waals surface area contributed by atoms with E-state index in [1.807, 2.05) is 24.3 Å². The van der Waals surface area contributed by atoms with Crippen LogP contribution < -0.4 is 20.6 Å². The second-order valence-corrected chi connectivity index (χ2v) is 7.98. The molecule has 5 rings (SSSR count). The van der Waals surface area contributed by atoms with E-state index >= 15 is 0 Å². The zero-order valence-electron chi connectivity index (χ0n) is 17.2. The molecule has 0 spiro atoms. The molecule has 0 saturated carbocycles. The van der Waals surface area contributed by atoms with E-state index in [9.17, 15) is 10.1 Å². The molecule has 0 amide bonds. The molecule has 4 aromatic rings. The van der Waals surface area contributed by atoms with Crippen molar-refractivity contribution in [2.24, 2.45) is 5.73 Å². The molecule has 0 radical (unpaired) electrons. The summed E-state index contributed by atoms with van der Waals surface area (Å²) in [6.07, 6.45) is 0. The number of halogens is 1. The van der Waals surface area contributed by atoms with Crippen LogP contribution in [0.2, 0.25) is 5.02 Å². The maximum atomic E-state index is 13.4. The highest BCUT2D eigenvalue weighted by Gasteiger charge is 2.35. The highest BCUT2D eigenvalue weighted by atomic mass is 35.5. The molecule has 1 atom stereocenters. The lowest BCUT2D eigenvalue weighted by Gasteiger charge is -2.25. The lowest BCUT2D eigenvalue weighted by molar-refractivity contribution is 0.295. The average Bonchev–Trinajstić information content (AvgIpc) is 2.83. The van der Waals surface area contributed by atoms with Gasteiger partial charge in [-0.2, -0.15) is 5.26 Å².